The number of ether oxygens (including phenoxy) is 1. The first-order chi connectivity index (χ1) is 12.6. The van der Waals surface area contributed by atoms with Crippen LogP contribution in [0, 0.1) is 12.8 Å². The Balaban J connectivity index is 1.54. The first kappa shape index (κ1) is 18.0. The summed E-state index contributed by atoms with van der Waals surface area (Å²) in [6.45, 7) is 3.50. The molecular weight excluding hydrogens is 328 g/mol. The lowest BCUT2D eigenvalue weighted by Crippen LogP contribution is -2.32. The highest BCUT2D eigenvalue weighted by molar-refractivity contribution is 5.89. The fourth-order valence-corrected chi connectivity index (χ4v) is 3.19. The van der Waals surface area contributed by atoms with Crippen molar-refractivity contribution in [2.75, 3.05) is 13.7 Å². The van der Waals surface area contributed by atoms with Crippen molar-refractivity contribution in [3.63, 3.8) is 0 Å². The van der Waals surface area contributed by atoms with Gasteiger partial charge >= 0.3 is 0 Å². The summed E-state index contributed by atoms with van der Waals surface area (Å²) in [6, 6.07) is 15.6. The van der Waals surface area contributed by atoms with E-state index in [0.717, 1.165) is 22.4 Å². The van der Waals surface area contributed by atoms with E-state index in [1.165, 1.54) is 0 Å². The number of rotatable bonds is 6. The normalized spacial score (nSPS) is 16.6. The van der Waals surface area contributed by atoms with Crippen molar-refractivity contribution >= 4 is 11.8 Å². The SMILES string of the molecule is COc1ccc(CN2CC(C(=O)NCc3ccccc3C)CC2=O)cc1. The smallest absolute Gasteiger partial charge is 0.225 e. The van der Waals surface area contributed by atoms with Crippen LogP contribution in [0.25, 0.3) is 0 Å². The number of methoxy groups -OCH3 is 1. The van der Waals surface area contributed by atoms with Gasteiger partial charge in [-0.15, -0.1) is 0 Å². The van der Waals surface area contributed by atoms with Gasteiger partial charge in [-0.2, -0.15) is 0 Å². The molecule has 2 aromatic carbocycles. The Labute approximate surface area is 154 Å². The molecule has 3 rings (SSSR count). The Morgan fingerprint density at radius 2 is 1.92 bits per heavy atom. The molecule has 1 N–H and O–H groups in total. The summed E-state index contributed by atoms with van der Waals surface area (Å²) < 4.78 is 5.15. The first-order valence-corrected chi connectivity index (χ1v) is 8.79. The Bertz CT molecular complexity index is 786. The molecule has 2 amide bonds. The standard InChI is InChI=1S/C21H24N2O3/c1-15-5-3-4-6-17(15)12-22-21(25)18-11-20(24)23(14-18)13-16-7-9-19(26-2)10-8-16/h3-10,18H,11-14H2,1-2H3,(H,22,25). The summed E-state index contributed by atoms with van der Waals surface area (Å²) in [7, 11) is 1.62. The molecule has 136 valence electrons. The minimum absolute atomic E-state index is 0.0249. The van der Waals surface area contributed by atoms with Gasteiger partial charge in [0.05, 0.1) is 13.0 Å². The van der Waals surface area contributed by atoms with Gasteiger partial charge < -0.3 is 15.0 Å². The first-order valence-electron chi connectivity index (χ1n) is 8.79. The fourth-order valence-electron chi connectivity index (χ4n) is 3.19. The van der Waals surface area contributed by atoms with Crippen molar-refractivity contribution in [1.29, 1.82) is 0 Å². The van der Waals surface area contributed by atoms with Crippen LogP contribution in [0.15, 0.2) is 48.5 Å². The minimum Gasteiger partial charge on any atom is -0.497 e. The van der Waals surface area contributed by atoms with Crippen LogP contribution in [0.5, 0.6) is 5.75 Å². The van der Waals surface area contributed by atoms with Gasteiger partial charge in [-0.05, 0) is 35.7 Å². The topological polar surface area (TPSA) is 58.6 Å². The number of carbonyl (C=O) groups excluding carboxylic acids is 2. The maximum Gasteiger partial charge on any atom is 0.225 e. The van der Waals surface area contributed by atoms with Crippen LogP contribution in [0.2, 0.25) is 0 Å². The van der Waals surface area contributed by atoms with Crippen molar-refractivity contribution in [1.82, 2.24) is 10.2 Å². The minimum atomic E-state index is -0.287. The molecule has 0 bridgehead atoms. The molecule has 5 heteroatoms. The monoisotopic (exact) mass is 352 g/mol. The molecule has 1 fully saturated rings. The summed E-state index contributed by atoms with van der Waals surface area (Å²) in [5, 5.41) is 2.97. The van der Waals surface area contributed by atoms with E-state index >= 15 is 0 Å². The molecule has 1 aliphatic rings. The van der Waals surface area contributed by atoms with E-state index < -0.39 is 0 Å². The van der Waals surface area contributed by atoms with E-state index in [4.69, 9.17) is 4.74 Å². The summed E-state index contributed by atoms with van der Waals surface area (Å²) in [5.74, 6) is 0.468. The van der Waals surface area contributed by atoms with Gasteiger partial charge in [0, 0.05) is 26.1 Å². The van der Waals surface area contributed by atoms with Gasteiger partial charge in [0.15, 0.2) is 0 Å². The predicted molar refractivity (Wildman–Crippen MR) is 99.5 cm³/mol. The van der Waals surface area contributed by atoms with Gasteiger partial charge in [0.25, 0.3) is 0 Å². The van der Waals surface area contributed by atoms with Crippen LogP contribution >= 0.6 is 0 Å². The highest BCUT2D eigenvalue weighted by atomic mass is 16.5. The molecule has 1 unspecified atom stereocenters. The molecule has 0 aromatic heterocycles. The molecule has 0 radical (unpaired) electrons. The third-order valence-corrected chi connectivity index (χ3v) is 4.83. The van der Waals surface area contributed by atoms with Crippen LogP contribution < -0.4 is 10.1 Å². The van der Waals surface area contributed by atoms with Gasteiger partial charge in [-0.3, -0.25) is 9.59 Å². The van der Waals surface area contributed by atoms with E-state index in [0.29, 0.717) is 19.6 Å². The molecule has 0 spiro atoms. The quantitative estimate of drug-likeness (QED) is 0.870. The molecular formula is C21H24N2O3. The van der Waals surface area contributed by atoms with Crippen LogP contribution in [0.4, 0.5) is 0 Å². The van der Waals surface area contributed by atoms with Gasteiger partial charge in [-0.1, -0.05) is 36.4 Å². The van der Waals surface area contributed by atoms with E-state index in [1.807, 2.05) is 55.5 Å². The number of hydrogen-bond acceptors (Lipinski definition) is 3. The van der Waals surface area contributed by atoms with Gasteiger partial charge in [0.1, 0.15) is 5.75 Å². The van der Waals surface area contributed by atoms with Crippen molar-refractivity contribution in [3.8, 4) is 5.75 Å². The highest BCUT2D eigenvalue weighted by Crippen LogP contribution is 2.21. The zero-order valence-electron chi connectivity index (χ0n) is 15.2. The molecule has 1 heterocycles. The zero-order chi connectivity index (χ0) is 18.5. The molecule has 2 aromatic rings. The van der Waals surface area contributed by atoms with E-state index in [9.17, 15) is 9.59 Å². The molecule has 26 heavy (non-hydrogen) atoms. The molecule has 1 saturated heterocycles. The van der Waals surface area contributed by atoms with Crippen LogP contribution in [0.3, 0.4) is 0 Å². The molecule has 0 saturated carbocycles. The van der Waals surface area contributed by atoms with E-state index in [-0.39, 0.29) is 24.2 Å². The number of nitrogens with one attached hydrogen (secondary N) is 1. The number of nitrogens with zero attached hydrogens (tertiary/aromatic N) is 1. The second-order valence-corrected chi connectivity index (χ2v) is 6.67. The second-order valence-electron chi connectivity index (χ2n) is 6.67. The van der Waals surface area contributed by atoms with E-state index in [2.05, 4.69) is 5.32 Å². The molecule has 0 aliphatic carbocycles. The largest absolute Gasteiger partial charge is 0.497 e. The average Bonchev–Trinajstić information content (AvgIpc) is 3.02. The van der Waals surface area contributed by atoms with Crippen LogP contribution in [0.1, 0.15) is 23.1 Å². The number of benzene rings is 2. The number of aryl methyl sites for hydroxylation is 1. The van der Waals surface area contributed by atoms with Crippen LogP contribution in [-0.2, 0) is 22.7 Å². The highest BCUT2D eigenvalue weighted by Gasteiger charge is 2.34. The summed E-state index contributed by atoms with van der Waals surface area (Å²) >= 11 is 0. The Hall–Kier alpha value is -2.82. The number of amides is 2. The second kappa shape index (κ2) is 8.04. The lowest BCUT2D eigenvalue weighted by atomic mass is 10.1. The lowest BCUT2D eigenvalue weighted by molar-refractivity contribution is -0.129. The summed E-state index contributed by atoms with van der Waals surface area (Å²) in [4.78, 5) is 26.5. The lowest BCUT2D eigenvalue weighted by Gasteiger charge is -2.17. The Kier molecular flexibility index (Phi) is 5.56. The van der Waals surface area contributed by atoms with Crippen molar-refractivity contribution in [3.05, 3.63) is 65.2 Å². The molecule has 5 nitrogen and oxygen atoms in total. The Morgan fingerprint density at radius 1 is 1.19 bits per heavy atom. The van der Waals surface area contributed by atoms with Crippen molar-refractivity contribution in [2.24, 2.45) is 5.92 Å². The maximum absolute atomic E-state index is 12.5. The van der Waals surface area contributed by atoms with Gasteiger partial charge in [-0.25, -0.2) is 0 Å². The van der Waals surface area contributed by atoms with Gasteiger partial charge in [0.2, 0.25) is 11.8 Å². The Morgan fingerprint density at radius 3 is 2.62 bits per heavy atom. The van der Waals surface area contributed by atoms with Crippen LogP contribution in [-0.4, -0.2) is 30.4 Å². The average molecular weight is 352 g/mol. The van der Waals surface area contributed by atoms with Crippen molar-refractivity contribution < 1.29 is 14.3 Å². The fraction of sp³-hybridized carbons (Fsp3) is 0.333. The molecule has 1 aliphatic heterocycles. The number of likely N-dealkylation sites (tertiary alicyclic amines) is 1. The third-order valence-electron chi connectivity index (χ3n) is 4.83. The predicted octanol–water partition coefficient (Wildman–Crippen LogP) is 2.67. The zero-order valence-corrected chi connectivity index (χ0v) is 15.2. The number of hydrogen-bond donors (Lipinski definition) is 1. The molecule has 1 atom stereocenters. The third kappa shape index (κ3) is 4.23. The van der Waals surface area contributed by atoms with E-state index in [1.54, 1.807) is 12.0 Å². The number of carbonyl (C=O) groups is 2. The summed E-state index contributed by atoms with van der Waals surface area (Å²) in [6.07, 6.45) is 0.274. The summed E-state index contributed by atoms with van der Waals surface area (Å²) in [5.41, 5.74) is 3.27. The maximum atomic E-state index is 12.5. The van der Waals surface area contributed by atoms with Crippen molar-refractivity contribution in [2.45, 2.75) is 26.4 Å².